The molecule has 5 rings (SSSR count). The summed E-state index contributed by atoms with van der Waals surface area (Å²) in [5.41, 5.74) is 7.96. The molecule has 0 fully saturated rings. The largest absolute Gasteiger partial charge is 0.487 e. The number of nitrogens with one attached hydrogen (secondary N) is 2. The van der Waals surface area contributed by atoms with Crippen molar-refractivity contribution in [1.82, 2.24) is 20.3 Å². The maximum atomic E-state index is 11.4. The van der Waals surface area contributed by atoms with Crippen molar-refractivity contribution < 1.29 is 19.3 Å². The van der Waals surface area contributed by atoms with Crippen molar-refractivity contribution in [2.75, 3.05) is 17.3 Å². The second-order valence-electron chi connectivity index (χ2n) is 8.12. The predicted octanol–water partition coefficient (Wildman–Crippen LogP) is 5.12. The summed E-state index contributed by atoms with van der Waals surface area (Å²) in [6.07, 6.45) is 5.05. The molecule has 0 unspecified atom stereocenters. The van der Waals surface area contributed by atoms with Crippen LogP contribution in [0.5, 0.6) is 0 Å². The van der Waals surface area contributed by atoms with Crippen LogP contribution in [-0.4, -0.2) is 44.2 Å². The fourth-order valence-corrected chi connectivity index (χ4v) is 3.76. The summed E-state index contributed by atoms with van der Waals surface area (Å²) in [5.74, 6) is 0.111. The van der Waals surface area contributed by atoms with Gasteiger partial charge in [0.25, 0.3) is 0 Å². The van der Waals surface area contributed by atoms with Crippen LogP contribution in [0.2, 0.25) is 5.02 Å². The van der Waals surface area contributed by atoms with E-state index < -0.39 is 5.97 Å². The molecule has 11 nitrogen and oxygen atoms in total. The third-order valence-corrected chi connectivity index (χ3v) is 6.07. The van der Waals surface area contributed by atoms with Crippen molar-refractivity contribution in [2.45, 2.75) is 13.8 Å². The second kappa shape index (κ2) is 10.1. The molecular weight excluding hydrogens is 498 g/mol. The van der Waals surface area contributed by atoms with Crippen molar-refractivity contribution in [3.63, 3.8) is 0 Å². The van der Waals surface area contributed by atoms with E-state index in [4.69, 9.17) is 21.0 Å². The van der Waals surface area contributed by atoms with Gasteiger partial charge in [-0.15, -0.1) is 0 Å². The van der Waals surface area contributed by atoms with Crippen LogP contribution in [0.1, 0.15) is 27.0 Å². The average Bonchev–Trinajstić information content (AvgIpc) is 3.35. The van der Waals surface area contributed by atoms with Gasteiger partial charge in [-0.3, -0.25) is 5.43 Å². The number of aromatic nitrogens is 4. The predicted molar refractivity (Wildman–Crippen MR) is 139 cm³/mol. The molecule has 12 heteroatoms. The standard InChI is InChI=1S/C25H20ClN7O4/c1-13-4-3-5-20(14(13)2)28-21-22(30-24-23(29-21)32-37-33-24)31-27-11-17-8-6-16(12-36-17)15-7-9-19(26)18(10-15)25(34)35/h3-11H,12H2,1-2H3,(H,34,35)(H,28,29,32)(H,30,31,33)/b27-11-. The molecule has 37 heavy (non-hydrogen) atoms. The third-order valence-electron chi connectivity index (χ3n) is 5.74. The summed E-state index contributed by atoms with van der Waals surface area (Å²) >= 11 is 5.96. The van der Waals surface area contributed by atoms with Crippen LogP contribution in [-0.2, 0) is 4.74 Å². The number of anilines is 3. The Labute approximate surface area is 215 Å². The lowest BCUT2D eigenvalue weighted by molar-refractivity contribution is 0.0697. The molecule has 3 heterocycles. The van der Waals surface area contributed by atoms with Gasteiger partial charge in [-0.1, -0.05) is 35.9 Å². The number of hydrogen-bond acceptors (Lipinski definition) is 10. The first kappa shape index (κ1) is 23.9. The highest BCUT2D eigenvalue weighted by Crippen LogP contribution is 2.28. The zero-order valence-corrected chi connectivity index (χ0v) is 20.4. The van der Waals surface area contributed by atoms with Gasteiger partial charge in [-0.05, 0) is 70.7 Å². The first-order valence-corrected chi connectivity index (χ1v) is 11.5. The Kier molecular flexibility index (Phi) is 6.52. The number of benzene rings is 2. The number of ether oxygens (including phenoxy) is 1. The van der Waals surface area contributed by atoms with Gasteiger partial charge in [0.1, 0.15) is 12.4 Å². The lowest BCUT2D eigenvalue weighted by Crippen LogP contribution is -2.07. The number of carboxylic acids is 1. The van der Waals surface area contributed by atoms with Gasteiger partial charge >= 0.3 is 5.97 Å². The van der Waals surface area contributed by atoms with Crippen molar-refractivity contribution in [3.8, 4) is 0 Å². The molecule has 0 radical (unpaired) electrons. The van der Waals surface area contributed by atoms with Crippen LogP contribution in [0.3, 0.4) is 0 Å². The Hall–Kier alpha value is -4.77. The Morgan fingerprint density at radius 3 is 2.62 bits per heavy atom. The van der Waals surface area contributed by atoms with E-state index in [-0.39, 0.29) is 28.5 Å². The first-order valence-electron chi connectivity index (χ1n) is 11.1. The number of aryl methyl sites for hydroxylation is 1. The number of nitrogens with zero attached hydrogens (tertiary/aromatic N) is 5. The Morgan fingerprint density at radius 1 is 1.11 bits per heavy atom. The van der Waals surface area contributed by atoms with Crippen molar-refractivity contribution in [1.29, 1.82) is 0 Å². The number of aromatic carboxylic acids is 1. The molecule has 2 aromatic heterocycles. The summed E-state index contributed by atoms with van der Waals surface area (Å²) in [6, 6.07) is 10.7. The number of carboxylic acid groups (broad SMARTS) is 1. The van der Waals surface area contributed by atoms with Crippen molar-refractivity contribution in [3.05, 3.63) is 81.6 Å². The number of allylic oxidation sites excluding steroid dienone is 3. The van der Waals surface area contributed by atoms with E-state index in [1.807, 2.05) is 38.1 Å². The van der Waals surface area contributed by atoms with Crippen LogP contribution in [0, 0.1) is 13.8 Å². The molecule has 186 valence electrons. The number of fused-ring (bicyclic) bond motifs is 1. The van der Waals surface area contributed by atoms with E-state index in [0.29, 0.717) is 23.0 Å². The van der Waals surface area contributed by atoms with Gasteiger partial charge in [-0.25, -0.2) is 14.4 Å². The quantitative estimate of drug-likeness (QED) is 0.223. The van der Waals surface area contributed by atoms with Gasteiger partial charge in [0.05, 0.1) is 16.8 Å². The number of rotatable bonds is 7. The number of hydrazone groups is 1. The van der Waals surface area contributed by atoms with Gasteiger partial charge in [0.2, 0.25) is 11.3 Å². The maximum absolute atomic E-state index is 11.4. The molecule has 0 amide bonds. The smallest absolute Gasteiger partial charge is 0.337 e. The Balaban J connectivity index is 1.35. The molecule has 0 aliphatic carbocycles. The minimum absolute atomic E-state index is 0.0336. The van der Waals surface area contributed by atoms with Gasteiger partial charge < -0.3 is 15.2 Å². The fraction of sp³-hybridized carbons (Fsp3) is 0.120. The molecular formula is C25H20ClN7O4. The van der Waals surface area contributed by atoms with Gasteiger partial charge in [0, 0.05) is 5.69 Å². The average molecular weight is 518 g/mol. The second-order valence-corrected chi connectivity index (χ2v) is 8.53. The van der Waals surface area contributed by atoms with Crippen molar-refractivity contribution >= 4 is 58.0 Å². The van der Waals surface area contributed by atoms with E-state index in [2.05, 4.69) is 36.1 Å². The molecule has 0 atom stereocenters. The van der Waals surface area contributed by atoms with E-state index in [1.54, 1.807) is 18.2 Å². The van der Waals surface area contributed by atoms with Crippen molar-refractivity contribution in [2.24, 2.45) is 5.10 Å². The van der Waals surface area contributed by atoms with Crippen LogP contribution >= 0.6 is 11.6 Å². The van der Waals surface area contributed by atoms with E-state index in [1.165, 1.54) is 12.3 Å². The van der Waals surface area contributed by atoms with Crippen LogP contribution in [0.4, 0.5) is 17.3 Å². The molecule has 4 aromatic rings. The third kappa shape index (κ3) is 5.11. The highest BCUT2D eigenvalue weighted by atomic mass is 35.5. The first-order chi connectivity index (χ1) is 17.9. The SMILES string of the molecule is Cc1cccc(Nc2nc3nonc3nc2N/N=C\C2=CC=C(c3ccc(Cl)c(C(=O)O)c3)CO2)c1C. The minimum Gasteiger partial charge on any atom is -0.487 e. The summed E-state index contributed by atoms with van der Waals surface area (Å²) in [4.78, 5) is 20.2. The zero-order valence-electron chi connectivity index (χ0n) is 19.7. The highest BCUT2D eigenvalue weighted by Gasteiger charge is 2.15. The van der Waals surface area contributed by atoms with E-state index in [9.17, 15) is 9.90 Å². The molecule has 3 N–H and O–H groups in total. The van der Waals surface area contributed by atoms with Gasteiger partial charge in [-0.2, -0.15) is 10.1 Å². The van der Waals surface area contributed by atoms with E-state index in [0.717, 1.165) is 22.4 Å². The topological polar surface area (TPSA) is 148 Å². The molecule has 0 bridgehead atoms. The van der Waals surface area contributed by atoms with Crippen LogP contribution in [0.25, 0.3) is 16.9 Å². The molecule has 1 aliphatic heterocycles. The van der Waals surface area contributed by atoms with Crippen LogP contribution < -0.4 is 10.7 Å². The monoisotopic (exact) mass is 517 g/mol. The summed E-state index contributed by atoms with van der Waals surface area (Å²) in [6.45, 7) is 4.26. The van der Waals surface area contributed by atoms with E-state index >= 15 is 0 Å². The lowest BCUT2D eigenvalue weighted by Gasteiger charge is -2.15. The highest BCUT2D eigenvalue weighted by molar-refractivity contribution is 6.33. The molecule has 0 saturated carbocycles. The minimum atomic E-state index is -1.09. The Bertz CT molecular complexity index is 1610. The molecule has 2 aromatic carbocycles. The molecule has 0 spiro atoms. The molecule has 0 saturated heterocycles. The summed E-state index contributed by atoms with van der Waals surface area (Å²) in [5, 5.41) is 24.5. The molecule has 1 aliphatic rings. The van der Waals surface area contributed by atoms with Crippen LogP contribution in [0.15, 0.2) is 64.0 Å². The maximum Gasteiger partial charge on any atom is 0.337 e. The zero-order chi connectivity index (χ0) is 25.9. The van der Waals surface area contributed by atoms with Gasteiger partial charge in [0.15, 0.2) is 11.6 Å². The lowest BCUT2D eigenvalue weighted by atomic mass is 10.0. The Morgan fingerprint density at radius 2 is 1.89 bits per heavy atom. The normalized spacial score (nSPS) is 13.3. The summed E-state index contributed by atoms with van der Waals surface area (Å²) < 4.78 is 10.5. The fourth-order valence-electron chi connectivity index (χ4n) is 3.56. The number of hydrogen-bond donors (Lipinski definition) is 3. The number of carbonyl (C=O) groups is 1. The number of halogens is 1. The summed E-state index contributed by atoms with van der Waals surface area (Å²) in [7, 11) is 0.